The maximum atomic E-state index is 11.5. The van der Waals surface area contributed by atoms with Gasteiger partial charge in [-0.15, -0.1) is 0 Å². The first-order chi connectivity index (χ1) is 6.09. The molecule has 0 aliphatic heterocycles. The number of carbonyl (C=O) groups is 2. The van der Waals surface area contributed by atoms with E-state index in [1.807, 2.05) is 0 Å². The zero-order valence-electron chi connectivity index (χ0n) is 7.93. The van der Waals surface area contributed by atoms with Crippen LogP contribution in [0.25, 0.3) is 0 Å². The highest BCUT2D eigenvalue weighted by atomic mass is 16.2. The van der Waals surface area contributed by atoms with Gasteiger partial charge < -0.3 is 5.32 Å². The molecular weight excluding hydrogens is 166 g/mol. The molecule has 3 heteroatoms. The van der Waals surface area contributed by atoms with Crippen molar-refractivity contribution in [1.29, 1.82) is 0 Å². The molecule has 0 spiro atoms. The van der Waals surface area contributed by atoms with Crippen LogP contribution in [-0.2, 0) is 9.59 Å². The molecule has 0 aromatic rings. The molecule has 0 bridgehead atoms. The van der Waals surface area contributed by atoms with Crippen LogP contribution in [0.15, 0.2) is 0 Å². The van der Waals surface area contributed by atoms with Crippen LogP contribution in [0.5, 0.6) is 0 Å². The van der Waals surface area contributed by atoms with Crippen LogP contribution in [0.1, 0.15) is 39.0 Å². The van der Waals surface area contributed by atoms with Crippen molar-refractivity contribution < 1.29 is 9.59 Å². The van der Waals surface area contributed by atoms with Gasteiger partial charge in [-0.05, 0) is 26.2 Å². The van der Waals surface area contributed by atoms with Gasteiger partial charge in [-0.1, -0.05) is 0 Å². The Morgan fingerprint density at radius 2 is 2.08 bits per heavy atom. The highest BCUT2D eigenvalue weighted by Crippen LogP contribution is 2.32. The quantitative estimate of drug-likeness (QED) is 0.691. The topological polar surface area (TPSA) is 46.2 Å². The number of hydrogen-bond acceptors (Lipinski definition) is 2. The van der Waals surface area contributed by atoms with E-state index in [-0.39, 0.29) is 23.1 Å². The largest absolute Gasteiger partial charge is 0.351 e. The van der Waals surface area contributed by atoms with Crippen molar-refractivity contribution in [2.24, 2.45) is 5.92 Å². The van der Waals surface area contributed by atoms with Crippen LogP contribution >= 0.6 is 0 Å². The Balaban J connectivity index is 1.81. The lowest BCUT2D eigenvalue weighted by atomic mass is 9.76. The minimum atomic E-state index is -0.0232. The fraction of sp³-hybridized carbons (Fsp3) is 0.800. The molecule has 2 fully saturated rings. The Kier molecular flexibility index (Phi) is 1.90. The summed E-state index contributed by atoms with van der Waals surface area (Å²) < 4.78 is 0. The summed E-state index contributed by atoms with van der Waals surface area (Å²) in [7, 11) is 0. The first-order valence-corrected chi connectivity index (χ1v) is 4.93. The fourth-order valence-electron chi connectivity index (χ4n) is 1.91. The van der Waals surface area contributed by atoms with E-state index in [1.54, 1.807) is 0 Å². The van der Waals surface area contributed by atoms with Crippen LogP contribution in [0, 0.1) is 5.92 Å². The van der Waals surface area contributed by atoms with Gasteiger partial charge in [0.15, 0.2) is 0 Å². The molecule has 2 aliphatic rings. The third-order valence-corrected chi connectivity index (χ3v) is 3.20. The number of nitrogens with one attached hydrogen (secondary N) is 1. The van der Waals surface area contributed by atoms with Crippen LogP contribution in [0.4, 0.5) is 0 Å². The Morgan fingerprint density at radius 3 is 2.46 bits per heavy atom. The van der Waals surface area contributed by atoms with E-state index in [9.17, 15) is 9.59 Å². The minimum Gasteiger partial charge on any atom is -0.351 e. The van der Waals surface area contributed by atoms with E-state index >= 15 is 0 Å². The van der Waals surface area contributed by atoms with Gasteiger partial charge in [0.1, 0.15) is 5.78 Å². The molecule has 72 valence electrons. The lowest BCUT2D eigenvalue weighted by molar-refractivity contribution is -0.139. The SMILES string of the molecule is CC1(NC(=O)C2CC(=O)C2)CCC1. The van der Waals surface area contributed by atoms with E-state index in [0.717, 1.165) is 12.8 Å². The van der Waals surface area contributed by atoms with Crippen LogP contribution in [0.3, 0.4) is 0 Å². The summed E-state index contributed by atoms with van der Waals surface area (Å²) in [5, 5.41) is 3.02. The molecule has 0 saturated heterocycles. The zero-order valence-corrected chi connectivity index (χ0v) is 7.93. The molecule has 0 aromatic carbocycles. The second-order valence-corrected chi connectivity index (χ2v) is 4.55. The lowest BCUT2D eigenvalue weighted by Gasteiger charge is -2.40. The molecule has 3 nitrogen and oxygen atoms in total. The van der Waals surface area contributed by atoms with Gasteiger partial charge in [-0.3, -0.25) is 9.59 Å². The summed E-state index contributed by atoms with van der Waals surface area (Å²) in [4.78, 5) is 22.2. The molecule has 2 saturated carbocycles. The van der Waals surface area contributed by atoms with Gasteiger partial charge in [0.2, 0.25) is 5.91 Å². The van der Waals surface area contributed by atoms with Crippen molar-refractivity contribution in [2.45, 2.75) is 44.6 Å². The summed E-state index contributed by atoms with van der Waals surface area (Å²) in [5.41, 5.74) is 0.0374. The highest BCUT2D eigenvalue weighted by molar-refractivity contribution is 5.96. The van der Waals surface area contributed by atoms with E-state index in [2.05, 4.69) is 12.2 Å². The first-order valence-electron chi connectivity index (χ1n) is 4.93. The molecule has 13 heavy (non-hydrogen) atoms. The summed E-state index contributed by atoms with van der Waals surface area (Å²) in [6, 6.07) is 0. The molecule has 2 rings (SSSR count). The number of ketones is 1. The standard InChI is InChI=1S/C10H15NO2/c1-10(3-2-4-10)11-9(13)7-5-8(12)6-7/h7H,2-6H2,1H3,(H,11,13). The predicted molar refractivity (Wildman–Crippen MR) is 48.1 cm³/mol. The third kappa shape index (κ3) is 1.60. The second-order valence-electron chi connectivity index (χ2n) is 4.55. The molecule has 0 radical (unpaired) electrons. The number of rotatable bonds is 2. The maximum Gasteiger partial charge on any atom is 0.224 e. The Hall–Kier alpha value is -0.860. The fourth-order valence-corrected chi connectivity index (χ4v) is 1.91. The van der Waals surface area contributed by atoms with Gasteiger partial charge >= 0.3 is 0 Å². The molecular formula is C10H15NO2. The summed E-state index contributed by atoms with van der Waals surface area (Å²) in [6.07, 6.45) is 4.29. The van der Waals surface area contributed by atoms with Gasteiger partial charge in [0.25, 0.3) is 0 Å². The Labute approximate surface area is 77.9 Å². The maximum absolute atomic E-state index is 11.5. The Bertz CT molecular complexity index is 248. The van der Waals surface area contributed by atoms with Crippen molar-refractivity contribution in [3.05, 3.63) is 0 Å². The van der Waals surface area contributed by atoms with Crippen molar-refractivity contribution >= 4 is 11.7 Å². The normalized spacial score (nSPS) is 26.1. The number of carbonyl (C=O) groups excluding carboxylic acids is 2. The zero-order chi connectivity index (χ0) is 9.47. The Morgan fingerprint density at radius 1 is 1.46 bits per heavy atom. The lowest BCUT2D eigenvalue weighted by Crippen LogP contribution is -2.54. The molecule has 1 amide bonds. The second kappa shape index (κ2) is 2.82. The molecule has 1 N–H and O–H groups in total. The van der Waals surface area contributed by atoms with Gasteiger partial charge in [0, 0.05) is 18.4 Å². The minimum absolute atomic E-state index is 0.0232. The third-order valence-electron chi connectivity index (χ3n) is 3.20. The predicted octanol–water partition coefficient (Wildman–Crippen LogP) is 1.02. The number of Topliss-reactive ketones (excluding diaryl/α,β-unsaturated/α-hetero) is 1. The average molecular weight is 181 g/mol. The average Bonchev–Trinajstić information content (AvgIpc) is 1.95. The summed E-state index contributed by atoms with van der Waals surface area (Å²) in [6.45, 7) is 2.08. The van der Waals surface area contributed by atoms with Crippen molar-refractivity contribution in [2.75, 3.05) is 0 Å². The van der Waals surface area contributed by atoms with E-state index in [4.69, 9.17) is 0 Å². The summed E-state index contributed by atoms with van der Waals surface area (Å²) >= 11 is 0. The molecule has 0 atom stereocenters. The van der Waals surface area contributed by atoms with Gasteiger partial charge in [-0.25, -0.2) is 0 Å². The van der Waals surface area contributed by atoms with Crippen molar-refractivity contribution in [3.63, 3.8) is 0 Å². The van der Waals surface area contributed by atoms with Crippen molar-refractivity contribution in [3.8, 4) is 0 Å². The summed E-state index contributed by atoms with van der Waals surface area (Å²) in [5.74, 6) is 0.283. The van der Waals surface area contributed by atoms with Crippen LogP contribution < -0.4 is 5.32 Å². The molecule has 2 aliphatic carbocycles. The van der Waals surface area contributed by atoms with Gasteiger partial charge in [-0.2, -0.15) is 0 Å². The van der Waals surface area contributed by atoms with E-state index in [0.29, 0.717) is 12.8 Å². The first kappa shape index (κ1) is 8.73. The molecule has 0 aromatic heterocycles. The number of hydrogen-bond donors (Lipinski definition) is 1. The van der Waals surface area contributed by atoms with E-state index in [1.165, 1.54) is 6.42 Å². The van der Waals surface area contributed by atoms with Crippen LogP contribution in [-0.4, -0.2) is 17.2 Å². The highest BCUT2D eigenvalue weighted by Gasteiger charge is 2.38. The monoisotopic (exact) mass is 181 g/mol. The smallest absolute Gasteiger partial charge is 0.224 e. The number of amides is 1. The van der Waals surface area contributed by atoms with Gasteiger partial charge in [0.05, 0.1) is 5.92 Å². The molecule has 0 unspecified atom stereocenters. The van der Waals surface area contributed by atoms with Crippen molar-refractivity contribution in [1.82, 2.24) is 5.32 Å². The molecule has 0 heterocycles. The van der Waals surface area contributed by atoms with E-state index < -0.39 is 0 Å². The van der Waals surface area contributed by atoms with Crippen LogP contribution in [0.2, 0.25) is 0 Å².